The Morgan fingerprint density at radius 1 is 1.22 bits per heavy atom. The third-order valence-corrected chi connectivity index (χ3v) is 8.62. The smallest absolute Gasteiger partial charge is 0.339 e. The van der Waals surface area contributed by atoms with Gasteiger partial charge in [-0.2, -0.15) is 0 Å². The molecule has 194 valence electrons. The van der Waals surface area contributed by atoms with Crippen molar-refractivity contribution in [2.75, 3.05) is 37.9 Å². The molecule has 0 unspecified atom stereocenters. The third-order valence-electron chi connectivity index (χ3n) is 5.99. The molecule has 0 atom stereocenters. The van der Waals surface area contributed by atoms with E-state index in [1.165, 1.54) is 12.7 Å². The van der Waals surface area contributed by atoms with Gasteiger partial charge in [-0.1, -0.05) is 21.9 Å². The van der Waals surface area contributed by atoms with Crippen molar-refractivity contribution in [3.63, 3.8) is 0 Å². The van der Waals surface area contributed by atoms with E-state index in [-0.39, 0.29) is 12.2 Å². The Balaban J connectivity index is 1.96. The Bertz CT molecular complexity index is 1320. The number of anilines is 1. The maximum Gasteiger partial charge on any atom is 0.339 e. The van der Waals surface area contributed by atoms with Crippen molar-refractivity contribution in [3.8, 4) is 27.3 Å². The van der Waals surface area contributed by atoms with E-state index in [9.17, 15) is 9.59 Å². The van der Waals surface area contributed by atoms with Crippen molar-refractivity contribution in [1.82, 2.24) is 0 Å². The summed E-state index contributed by atoms with van der Waals surface area (Å²) in [6.07, 6.45) is 2.78. The molecule has 1 aromatic heterocycles. The summed E-state index contributed by atoms with van der Waals surface area (Å²) < 4.78 is 16.9. The first-order chi connectivity index (χ1) is 18.0. The van der Waals surface area contributed by atoms with Gasteiger partial charge in [-0.05, 0) is 68.4 Å². The van der Waals surface area contributed by atoms with Crippen LogP contribution in [0, 0.1) is 5.41 Å². The molecule has 3 aromatic rings. The van der Waals surface area contributed by atoms with Crippen molar-refractivity contribution < 1.29 is 23.8 Å². The summed E-state index contributed by atoms with van der Waals surface area (Å²) in [7, 11) is 2.87. The molecule has 2 heterocycles. The van der Waals surface area contributed by atoms with E-state index >= 15 is 0 Å². The Morgan fingerprint density at radius 2 is 2.05 bits per heavy atom. The van der Waals surface area contributed by atoms with Crippen LogP contribution in [0.5, 0.6) is 5.75 Å². The fourth-order valence-corrected chi connectivity index (χ4v) is 5.94. The molecule has 0 aliphatic carbocycles. The van der Waals surface area contributed by atoms with Gasteiger partial charge in [0, 0.05) is 52.2 Å². The number of halogens is 1. The number of benzene rings is 2. The molecule has 0 amide bonds. The number of thiophene rings is 1. The van der Waals surface area contributed by atoms with E-state index in [0.29, 0.717) is 52.6 Å². The van der Waals surface area contributed by atoms with Crippen molar-refractivity contribution >= 4 is 65.3 Å². The second-order valence-electron chi connectivity index (χ2n) is 8.23. The number of methoxy groups -OCH3 is 1. The van der Waals surface area contributed by atoms with Crippen LogP contribution < -0.4 is 10.1 Å². The van der Waals surface area contributed by atoms with Crippen LogP contribution in [0.1, 0.15) is 45.2 Å². The fraction of sp³-hybridized carbons (Fsp3) is 0.296. The molecule has 1 aliphatic heterocycles. The van der Waals surface area contributed by atoms with E-state index in [2.05, 4.69) is 32.6 Å². The van der Waals surface area contributed by atoms with Gasteiger partial charge < -0.3 is 24.9 Å². The first kappa shape index (κ1) is 27.5. The molecule has 0 saturated carbocycles. The van der Waals surface area contributed by atoms with Crippen LogP contribution >= 0.6 is 41.5 Å². The Hall–Kier alpha value is -2.57. The largest absolute Gasteiger partial charge is 0.493 e. The molecular weight excluding hydrogens is 623 g/mol. The highest BCUT2D eigenvalue weighted by molar-refractivity contribution is 14.2. The van der Waals surface area contributed by atoms with Gasteiger partial charge in [0.1, 0.15) is 12.4 Å². The minimum atomic E-state index is -0.592. The van der Waals surface area contributed by atoms with E-state index in [0.717, 1.165) is 29.5 Å². The maximum atomic E-state index is 13.4. The summed E-state index contributed by atoms with van der Waals surface area (Å²) in [6, 6.07) is 9.30. The fourth-order valence-electron chi connectivity index (χ4n) is 4.28. The summed E-state index contributed by atoms with van der Waals surface area (Å²) in [4.78, 5) is 27.5. The molecule has 0 fully saturated rings. The van der Waals surface area contributed by atoms with Gasteiger partial charge in [0.25, 0.3) is 0 Å². The molecule has 2 N–H and O–H groups in total. The average molecular weight is 651 g/mol. The SMILES string of the molecule is CCCNc1ccc(-c2cc3c(cc2C(=O)OCCSI)-c2sccc2CCO3)c(C(=O)OC)c1C=N. The summed E-state index contributed by atoms with van der Waals surface area (Å²) in [6.45, 7) is 3.49. The number of hydrogen-bond acceptors (Lipinski definition) is 9. The third kappa shape index (κ3) is 5.80. The number of fused-ring (bicyclic) bond motifs is 3. The topological polar surface area (TPSA) is 97.7 Å². The summed E-state index contributed by atoms with van der Waals surface area (Å²) in [5.74, 6) is 0.223. The lowest BCUT2D eigenvalue weighted by molar-refractivity contribution is 0.0529. The molecule has 7 nitrogen and oxygen atoms in total. The Morgan fingerprint density at radius 3 is 2.78 bits per heavy atom. The number of ether oxygens (including phenoxy) is 3. The maximum absolute atomic E-state index is 13.4. The van der Waals surface area contributed by atoms with Gasteiger partial charge in [0.2, 0.25) is 0 Å². The average Bonchev–Trinajstić information content (AvgIpc) is 3.32. The number of nitrogens with one attached hydrogen (secondary N) is 2. The summed E-state index contributed by atoms with van der Waals surface area (Å²) in [5, 5.41) is 13.4. The zero-order chi connectivity index (χ0) is 26.4. The summed E-state index contributed by atoms with van der Waals surface area (Å²) >= 11 is 3.77. The number of carbonyl (C=O) groups is 2. The van der Waals surface area contributed by atoms with Crippen LogP contribution in [-0.4, -0.2) is 50.8 Å². The van der Waals surface area contributed by atoms with Crippen LogP contribution in [0.4, 0.5) is 5.69 Å². The van der Waals surface area contributed by atoms with E-state index in [1.54, 1.807) is 32.4 Å². The van der Waals surface area contributed by atoms with Crippen LogP contribution in [0.3, 0.4) is 0 Å². The first-order valence-corrected chi connectivity index (χ1v) is 16.2. The molecule has 0 radical (unpaired) electrons. The molecule has 10 heteroatoms. The zero-order valence-electron chi connectivity index (χ0n) is 20.5. The minimum Gasteiger partial charge on any atom is -0.493 e. The Labute approximate surface area is 236 Å². The molecular formula is C27H27IN2O5S2. The van der Waals surface area contributed by atoms with Gasteiger partial charge in [0.05, 0.1) is 24.8 Å². The van der Waals surface area contributed by atoms with Gasteiger partial charge in [0.15, 0.2) is 0 Å². The van der Waals surface area contributed by atoms with E-state index in [4.69, 9.17) is 19.6 Å². The predicted octanol–water partition coefficient (Wildman–Crippen LogP) is 6.86. The van der Waals surface area contributed by atoms with Crippen LogP contribution in [-0.2, 0) is 15.9 Å². The minimum absolute atomic E-state index is 0.209. The first-order valence-electron chi connectivity index (χ1n) is 11.8. The predicted molar refractivity (Wildman–Crippen MR) is 159 cm³/mol. The normalized spacial score (nSPS) is 12.0. The molecule has 4 rings (SSSR count). The zero-order valence-corrected chi connectivity index (χ0v) is 24.3. The number of rotatable bonds is 10. The number of esters is 2. The second-order valence-corrected chi connectivity index (χ2v) is 11.6. The van der Waals surface area contributed by atoms with E-state index < -0.39 is 11.9 Å². The molecule has 2 aromatic carbocycles. The van der Waals surface area contributed by atoms with Crippen molar-refractivity contribution in [2.45, 2.75) is 19.8 Å². The lowest BCUT2D eigenvalue weighted by Crippen LogP contribution is -2.14. The van der Waals surface area contributed by atoms with Crippen LogP contribution in [0.2, 0.25) is 0 Å². The number of hydrogen-bond donors (Lipinski definition) is 2. The van der Waals surface area contributed by atoms with Crippen LogP contribution in [0.15, 0.2) is 35.7 Å². The standard InChI is InChI=1S/C27H27IN2O5S2/c1-3-8-30-22-5-4-17(24(21(22)15-29)27(32)33-2)18-14-23-20(13-19(18)26(31)35-10-12-37-28)25-16(6-9-34-23)7-11-36-25/h4-5,7,11,13-15,29-30H,3,6,8-10,12H2,1-2H3. The molecule has 1 aliphatic rings. The van der Waals surface area contributed by atoms with Gasteiger partial charge in [-0.15, -0.1) is 11.3 Å². The van der Waals surface area contributed by atoms with E-state index in [1.807, 2.05) is 24.4 Å². The quantitative estimate of drug-likeness (QED) is 0.107. The van der Waals surface area contributed by atoms with Crippen molar-refractivity contribution in [1.29, 1.82) is 5.41 Å². The van der Waals surface area contributed by atoms with Crippen LogP contribution in [0.25, 0.3) is 21.6 Å². The lowest BCUT2D eigenvalue weighted by atomic mass is 9.89. The number of carbonyl (C=O) groups excluding carboxylic acids is 2. The lowest BCUT2D eigenvalue weighted by Gasteiger charge is -2.19. The molecule has 0 spiro atoms. The van der Waals surface area contributed by atoms with Crippen molar-refractivity contribution in [3.05, 3.63) is 58.0 Å². The monoisotopic (exact) mass is 650 g/mol. The van der Waals surface area contributed by atoms with Gasteiger partial charge in [-0.25, -0.2) is 9.59 Å². The van der Waals surface area contributed by atoms with Crippen molar-refractivity contribution in [2.24, 2.45) is 0 Å². The van der Waals surface area contributed by atoms with Gasteiger partial charge in [-0.3, -0.25) is 0 Å². The highest BCUT2D eigenvalue weighted by Gasteiger charge is 2.28. The second kappa shape index (κ2) is 12.8. The summed E-state index contributed by atoms with van der Waals surface area (Å²) in [5.41, 5.74) is 4.56. The molecule has 37 heavy (non-hydrogen) atoms. The van der Waals surface area contributed by atoms with Gasteiger partial charge >= 0.3 is 11.9 Å². The highest BCUT2D eigenvalue weighted by atomic mass is 127. The highest BCUT2D eigenvalue weighted by Crippen LogP contribution is 2.44. The Kier molecular flexibility index (Phi) is 9.49. The molecule has 0 bridgehead atoms. The molecule has 0 saturated heterocycles.